The van der Waals surface area contributed by atoms with Crippen LogP contribution in [0.15, 0.2) is 0 Å². The van der Waals surface area contributed by atoms with E-state index in [0.717, 1.165) is 6.21 Å². The Hall–Kier alpha value is -0.860. The molecule has 2 N–H and O–H groups in total. The average Bonchev–Trinajstić information content (AvgIpc) is 1.81. The zero-order chi connectivity index (χ0) is 8.15. The van der Waals surface area contributed by atoms with E-state index in [0.29, 0.717) is 12.3 Å². The summed E-state index contributed by atoms with van der Waals surface area (Å²) < 4.78 is 0. The van der Waals surface area contributed by atoms with Crippen molar-refractivity contribution in [1.29, 1.82) is 5.41 Å². The van der Waals surface area contributed by atoms with Gasteiger partial charge >= 0.3 is 5.97 Å². The van der Waals surface area contributed by atoms with Crippen LogP contribution in [0.1, 0.15) is 20.3 Å². The second-order valence-corrected chi connectivity index (χ2v) is 2.74. The lowest BCUT2D eigenvalue weighted by molar-refractivity contribution is -0.139. The van der Waals surface area contributed by atoms with E-state index < -0.39 is 11.9 Å². The summed E-state index contributed by atoms with van der Waals surface area (Å²) in [7, 11) is 0. The molecule has 0 fully saturated rings. The van der Waals surface area contributed by atoms with E-state index >= 15 is 0 Å². The summed E-state index contributed by atoms with van der Waals surface area (Å²) in [6.07, 6.45) is 1.54. The van der Waals surface area contributed by atoms with Crippen molar-refractivity contribution in [2.24, 2.45) is 11.8 Å². The Morgan fingerprint density at radius 1 is 1.70 bits per heavy atom. The minimum Gasteiger partial charge on any atom is -0.481 e. The van der Waals surface area contributed by atoms with Crippen LogP contribution in [0.4, 0.5) is 0 Å². The van der Waals surface area contributed by atoms with Gasteiger partial charge in [-0.15, -0.1) is 0 Å². The van der Waals surface area contributed by atoms with Gasteiger partial charge in [-0.2, -0.15) is 0 Å². The predicted octanol–water partition coefficient (Wildman–Crippen LogP) is 1.38. The predicted molar refractivity (Wildman–Crippen MR) is 39.4 cm³/mol. The summed E-state index contributed by atoms with van der Waals surface area (Å²) in [6.45, 7) is 3.89. The lowest BCUT2D eigenvalue weighted by Gasteiger charge is -2.07. The summed E-state index contributed by atoms with van der Waals surface area (Å²) in [5, 5.41) is 15.2. The summed E-state index contributed by atoms with van der Waals surface area (Å²) >= 11 is 0. The van der Waals surface area contributed by atoms with E-state index in [1.165, 1.54) is 0 Å². The Morgan fingerprint density at radius 3 is 2.30 bits per heavy atom. The first-order valence-electron chi connectivity index (χ1n) is 3.31. The molecule has 3 nitrogen and oxygen atoms in total. The molecule has 0 saturated heterocycles. The molecule has 0 heterocycles. The van der Waals surface area contributed by atoms with Gasteiger partial charge in [0.25, 0.3) is 0 Å². The zero-order valence-electron chi connectivity index (χ0n) is 6.29. The van der Waals surface area contributed by atoms with Crippen LogP contribution in [0, 0.1) is 17.2 Å². The van der Waals surface area contributed by atoms with Crippen LogP contribution in [0.5, 0.6) is 0 Å². The molecular weight excluding hydrogens is 130 g/mol. The third kappa shape index (κ3) is 3.22. The molecule has 0 aromatic carbocycles. The maximum Gasteiger partial charge on any atom is 0.311 e. The second-order valence-electron chi connectivity index (χ2n) is 2.74. The van der Waals surface area contributed by atoms with Gasteiger partial charge < -0.3 is 10.5 Å². The van der Waals surface area contributed by atoms with Crippen molar-refractivity contribution in [2.45, 2.75) is 20.3 Å². The van der Waals surface area contributed by atoms with E-state index in [-0.39, 0.29) is 0 Å². The molecule has 0 spiro atoms. The number of carboxylic acid groups (broad SMARTS) is 1. The molecule has 0 radical (unpaired) electrons. The van der Waals surface area contributed by atoms with Gasteiger partial charge in [0.1, 0.15) is 0 Å². The van der Waals surface area contributed by atoms with Crippen molar-refractivity contribution in [3.63, 3.8) is 0 Å². The Labute approximate surface area is 60.6 Å². The van der Waals surface area contributed by atoms with Gasteiger partial charge in [-0.3, -0.25) is 4.79 Å². The van der Waals surface area contributed by atoms with Gasteiger partial charge in [-0.25, -0.2) is 0 Å². The van der Waals surface area contributed by atoms with Crippen LogP contribution < -0.4 is 0 Å². The fraction of sp³-hybridized carbons (Fsp3) is 0.714. The van der Waals surface area contributed by atoms with Crippen molar-refractivity contribution in [3.8, 4) is 0 Å². The number of carbonyl (C=O) groups is 1. The highest BCUT2D eigenvalue weighted by Crippen LogP contribution is 2.08. The van der Waals surface area contributed by atoms with Crippen molar-refractivity contribution >= 4 is 12.2 Å². The molecule has 0 saturated carbocycles. The fourth-order valence-electron chi connectivity index (χ4n) is 0.748. The van der Waals surface area contributed by atoms with Crippen LogP contribution in [-0.4, -0.2) is 17.3 Å². The third-order valence-electron chi connectivity index (χ3n) is 1.24. The largest absolute Gasteiger partial charge is 0.481 e. The summed E-state index contributed by atoms with van der Waals surface area (Å²) in [5.74, 6) is -1.16. The molecule has 0 aliphatic rings. The van der Waals surface area contributed by atoms with Gasteiger partial charge in [0.15, 0.2) is 0 Å². The average molecular weight is 143 g/mol. The Morgan fingerprint density at radius 2 is 2.20 bits per heavy atom. The van der Waals surface area contributed by atoms with Crippen LogP contribution in [0.2, 0.25) is 0 Å². The van der Waals surface area contributed by atoms with Crippen molar-refractivity contribution in [1.82, 2.24) is 0 Å². The van der Waals surface area contributed by atoms with E-state index in [1.54, 1.807) is 0 Å². The lowest BCUT2D eigenvalue weighted by atomic mass is 9.99. The van der Waals surface area contributed by atoms with Gasteiger partial charge in [-0.1, -0.05) is 13.8 Å². The molecule has 3 heteroatoms. The molecule has 0 rings (SSSR count). The van der Waals surface area contributed by atoms with Gasteiger partial charge in [0.2, 0.25) is 0 Å². The number of hydrogen-bond donors (Lipinski definition) is 2. The minimum absolute atomic E-state index is 0.336. The Bertz CT molecular complexity index is 132. The topological polar surface area (TPSA) is 61.2 Å². The molecule has 10 heavy (non-hydrogen) atoms. The standard InChI is InChI=1S/C7H13NO2/c1-5(2)3-6(4-8)7(9)10/h4-6,8H,3H2,1-2H3,(H,9,10). The van der Waals surface area contributed by atoms with Crippen molar-refractivity contribution in [2.75, 3.05) is 0 Å². The normalized spacial score (nSPS) is 13.1. The van der Waals surface area contributed by atoms with E-state index in [9.17, 15) is 4.79 Å². The van der Waals surface area contributed by atoms with Crippen molar-refractivity contribution in [3.05, 3.63) is 0 Å². The first-order valence-corrected chi connectivity index (χ1v) is 3.31. The number of hydrogen-bond acceptors (Lipinski definition) is 2. The van der Waals surface area contributed by atoms with Gasteiger partial charge in [0.05, 0.1) is 5.92 Å². The monoisotopic (exact) mass is 143 g/mol. The molecule has 0 aliphatic heterocycles. The smallest absolute Gasteiger partial charge is 0.311 e. The summed E-state index contributed by atoms with van der Waals surface area (Å²) in [6, 6.07) is 0. The highest BCUT2D eigenvalue weighted by Gasteiger charge is 2.14. The molecule has 0 amide bonds. The van der Waals surface area contributed by atoms with E-state index in [1.807, 2.05) is 13.8 Å². The number of aliphatic carboxylic acids is 1. The van der Waals surface area contributed by atoms with Crippen LogP contribution in [0.3, 0.4) is 0 Å². The minimum atomic E-state index is -0.899. The zero-order valence-corrected chi connectivity index (χ0v) is 6.29. The van der Waals surface area contributed by atoms with Crippen LogP contribution in [0.25, 0.3) is 0 Å². The maximum atomic E-state index is 10.3. The molecule has 0 bridgehead atoms. The molecule has 1 unspecified atom stereocenters. The maximum absolute atomic E-state index is 10.3. The highest BCUT2D eigenvalue weighted by atomic mass is 16.4. The molecule has 0 aromatic heterocycles. The number of nitrogens with one attached hydrogen (secondary N) is 1. The van der Waals surface area contributed by atoms with Crippen LogP contribution in [-0.2, 0) is 4.79 Å². The van der Waals surface area contributed by atoms with Gasteiger partial charge in [0, 0.05) is 6.21 Å². The van der Waals surface area contributed by atoms with E-state index in [4.69, 9.17) is 10.5 Å². The van der Waals surface area contributed by atoms with Gasteiger partial charge in [-0.05, 0) is 12.3 Å². The number of carboxylic acids is 1. The summed E-state index contributed by atoms with van der Waals surface area (Å²) in [4.78, 5) is 10.3. The quantitative estimate of drug-likeness (QED) is 0.584. The van der Waals surface area contributed by atoms with Crippen molar-refractivity contribution < 1.29 is 9.90 Å². The third-order valence-corrected chi connectivity index (χ3v) is 1.24. The molecule has 0 aliphatic carbocycles. The Balaban J connectivity index is 3.83. The molecule has 58 valence electrons. The second kappa shape index (κ2) is 4.04. The van der Waals surface area contributed by atoms with Crippen LogP contribution >= 0.6 is 0 Å². The molecule has 1 atom stereocenters. The summed E-state index contributed by atoms with van der Waals surface area (Å²) in [5.41, 5.74) is 0. The number of rotatable bonds is 4. The van der Waals surface area contributed by atoms with E-state index in [2.05, 4.69) is 0 Å². The first-order chi connectivity index (χ1) is 4.57. The first kappa shape index (κ1) is 9.14. The lowest BCUT2D eigenvalue weighted by Crippen LogP contribution is -2.16. The molecule has 0 aromatic rings. The molecular formula is C7H13NO2. The fourth-order valence-corrected chi connectivity index (χ4v) is 0.748. The highest BCUT2D eigenvalue weighted by molar-refractivity contribution is 5.87. The SMILES string of the molecule is CC(C)CC(C=N)C(=O)O. The Kier molecular flexibility index (Phi) is 3.69.